The van der Waals surface area contributed by atoms with Gasteiger partial charge in [-0.05, 0) is 17.7 Å². The zero-order valence-electron chi connectivity index (χ0n) is 11.9. The van der Waals surface area contributed by atoms with Crippen LogP contribution in [0.4, 0.5) is 0 Å². The summed E-state index contributed by atoms with van der Waals surface area (Å²) in [5.74, 6) is 0. The third kappa shape index (κ3) is 3.23. The van der Waals surface area contributed by atoms with E-state index in [1.165, 1.54) is 11.3 Å². The van der Waals surface area contributed by atoms with E-state index in [9.17, 15) is 0 Å². The van der Waals surface area contributed by atoms with Crippen LogP contribution in [0.25, 0.3) is 0 Å². The highest BCUT2D eigenvalue weighted by molar-refractivity contribution is 5.09. The Bertz CT molecular complexity index is 528. The lowest BCUT2D eigenvalue weighted by atomic mass is 10.2. The first-order valence-electron chi connectivity index (χ1n) is 7.10. The summed E-state index contributed by atoms with van der Waals surface area (Å²) in [6.07, 6.45) is 7.57. The molecule has 0 radical (unpaired) electrons. The third-order valence-corrected chi connectivity index (χ3v) is 3.92. The van der Waals surface area contributed by atoms with Gasteiger partial charge in [0.1, 0.15) is 0 Å². The average Bonchev–Trinajstić information content (AvgIpc) is 2.88. The Labute approximate surface area is 119 Å². The predicted molar refractivity (Wildman–Crippen MR) is 78.0 cm³/mol. The minimum Gasteiger partial charge on any atom is -0.337 e. The summed E-state index contributed by atoms with van der Waals surface area (Å²) in [7, 11) is 2.06. The number of hydrogen-bond acceptors (Lipinski definition) is 4. The van der Waals surface area contributed by atoms with Gasteiger partial charge in [0.15, 0.2) is 0 Å². The number of aryl methyl sites for hydroxylation is 1. The van der Waals surface area contributed by atoms with E-state index in [4.69, 9.17) is 0 Å². The largest absolute Gasteiger partial charge is 0.337 e. The average molecular weight is 271 g/mol. The molecular weight excluding hydrogens is 250 g/mol. The Morgan fingerprint density at radius 3 is 2.20 bits per heavy atom. The standard InChI is InChI=1S/C15H21N5/c1-18-13-17-10-15(18)12-20-8-6-19(7-9-20)11-14-2-4-16-5-3-14/h2-5,10,13H,6-9,11-12H2,1H3. The lowest BCUT2D eigenvalue weighted by Crippen LogP contribution is -2.45. The first-order valence-corrected chi connectivity index (χ1v) is 7.10. The van der Waals surface area contributed by atoms with Gasteiger partial charge < -0.3 is 4.57 Å². The van der Waals surface area contributed by atoms with Crippen molar-refractivity contribution in [2.45, 2.75) is 13.1 Å². The normalized spacial score (nSPS) is 17.4. The quantitative estimate of drug-likeness (QED) is 0.835. The fraction of sp³-hybridized carbons (Fsp3) is 0.467. The lowest BCUT2D eigenvalue weighted by Gasteiger charge is -2.34. The number of hydrogen-bond donors (Lipinski definition) is 0. The van der Waals surface area contributed by atoms with Gasteiger partial charge in [0.2, 0.25) is 0 Å². The number of rotatable bonds is 4. The molecule has 0 atom stereocenters. The van der Waals surface area contributed by atoms with Crippen molar-refractivity contribution in [1.82, 2.24) is 24.3 Å². The van der Waals surface area contributed by atoms with Gasteiger partial charge in [0, 0.05) is 64.9 Å². The van der Waals surface area contributed by atoms with Crippen molar-refractivity contribution in [3.63, 3.8) is 0 Å². The molecule has 0 amide bonds. The van der Waals surface area contributed by atoms with Crippen molar-refractivity contribution < 1.29 is 0 Å². The van der Waals surface area contributed by atoms with E-state index >= 15 is 0 Å². The van der Waals surface area contributed by atoms with E-state index in [0.29, 0.717) is 0 Å². The fourth-order valence-corrected chi connectivity index (χ4v) is 2.62. The summed E-state index contributed by atoms with van der Waals surface area (Å²) in [6, 6.07) is 4.20. The van der Waals surface area contributed by atoms with Gasteiger partial charge >= 0.3 is 0 Å². The van der Waals surface area contributed by atoms with Crippen molar-refractivity contribution in [2.24, 2.45) is 7.05 Å². The first kappa shape index (κ1) is 13.3. The molecule has 2 aromatic heterocycles. The number of piperazine rings is 1. The highest BCUT2D eigenvalue weighted by Crippen LogP contribution is 2.10. The van der Waals surface area contributed by atoms with E-state index in [1.807, 2.05) is 24.9 Å². The molecule has 1 aliphatic rings. The van der Waals surface area contributed by atoms with E-state index in [0.717, 1.165) is 39.3 Å². The second kappa shape index (κ2) is 6.15. The van der Waals surface area contributed by atoms with Crippen molar-refractivity contribution in [3.05, 3.63) is 48.3 Å². The SMILES string of the molecule is Cn1cncc1CN1CCN(Cc2ccncc2)CC1. The Balaban J connectivity index is 1.49. The number of nitrogens with zero attached hydrogens (tertiary/aromatic N) is 5. The van der Waals surface area contributed by atoms with Gasteiger partial charge in [-0.25, -0.2) is 4.98 Å². The van der Waals surface area contributed by atoms with Crippen LogP contribution in [0.3, 0.4) is 0 Å². The van der Waals surface area contributed by atoms with Gasteiger partial charge in [-0.1, -0.05) is 0 Å². The molecule has 1 fully saturated rings. The van der Waals surface area contributed by atoms with Crippen molar-refractivity contribution in [3.8, 4) is 0 Å². The van der Waals surface area contributed by atoms with Crippen molar-refractivity contribution in [1.29, 1.82) is 0 Å². The Kier molecular flexibility index (Phi) is 4.08. The van der Waals surface area contributed by atoms with Crippen LogP contribution in [0.15, 0.2) is 37.1 Å². The molecule has 2 aromatic rings. The highest BCUT2D eigenvalue weighted by atomic mass is 15.3. The number of pyridine rings is 1. The van der Waals surface area contributed by atoms with E-state index in [2.05, 4.69) is 43.5 Å². The fourth-order valence-electron chi connectivity index (χ4n) is 2.62. The first-order chi connectivity index (χ1) is 9.81. The maximum absolute atomic E-state index is 4.18. The van der Waals surface area contributed by atoms with E-state index in [-0.39, 0.29) is 0 Å². The van der Waals surface area contributed by atoms with Crippen LogP contribution >= 0.6 is 0 Å². The third-order valence-electron chi connectivity index (χ3n) is 3.92. The molecule has 3 rings (SSSR count). The molecule has 0 saturated carbocycles. The summed E-state index contributed by atoms with van der Waals surface area (Å²) in [4.78, 5) is 13.3. The van der Waals surface area contributed by atoms with Crippen molar-refractivity contribution in [2.75, 3.05) is 26.2 Å². The maximum atomic E-state index is 4.18. The smallest absolute Gasteiger partial charge is 0.0945 e. The van der Waals surface area contributed by atoms with Gasteiger partial charge in [-0.15, -0.1) is 0 Å². The minimum atomic E-state index is 1.000. The Morgan fingerprint density at radius 1 is 0.950 bits per heavy atom. The summed E-state index contributed by atoms with van der Waals surface area (Å²) in [5, 5.41) is 0. The van der Waals surface area contributed by atoms with Gasteiger partial charge in [-0.2, -0.15) is 0 Å². The summed E-state index contributed by atoms with van der Waals surface area (Å²) >= 11 is 0. The number of aromatic nitrogens is 3. The Morgan fingerprint density at radius 2 is 1.60 bits per heavy atom. The highest BCUT2D eigenvalue weighted by Gasteiger charge is 2.17. The second-order valence-corrected chi connectivity index (χ2v) is 5.40. The van der Waals surface area contributed by atoms with E-state index < -0.39 is 0 Å². The number of imidazole rings is 1. The molecule has 5 nitrogen and oxygen atoms in total. The van der Waals surface area contributed by atoms with Crippen LogP contribution in [-0.2, 0) is 20.1 Å². The zero-order valence-corrected chi connectivity index (χ0v) is 11.9. The van der Waals surface area contributed by atoms with Crippen LogP contribution in [-0.4, -0.2) is 50.5 Å². The molecule has 0 aliphatic carbocycles. The molecular formula is C15H21N5. The van der Waals surface area contributed by atoms with Crippen LogP contribution in [0, 0.1) is 0 Å². The molecule has 0 unspecified atom stereocenters. The monoisotopic (exact) mass is 271 g/mol. The van der Waals surface area contributed by atoms with Crippen LogP contribution in [0.5, 0.6) is 0 Å². The topological polar surface area (TPSA) is 37.2 Å². The summed E-state index contributed by atoms with van der Waals surface area (Å²) in [6.45, 7) is 6.52. The molecule has 106 valence electrons. The molecule has 0 bridgehead atoms. The Hall–Kier alpha value is -1.72. The van der Waals surface area contributed by atoms with Crippen LogP contribution in [0.1, 0.15) is 11.3 Å². The van der Waals surface area contributed by atoms with Gasteiger partial charge in [0.05, 0.1) is 12.0 Å². The molecule has 0 spiro atoms. The molecule has 5 heteroatoms. The van der Waals surface area contributed by atoms with E-state index in [1.54, 1.807) is 0 Å². The minimum absolute atomic E-state index is 1.000. The molecule has 20 heavy (non-hydrogen) atoms. The lowest BCUT2D eigenvalue weighted by molar-refractivity contribution is 0.120. The second-order valence-electron chi connectivity index (χ2n) is 5.40. The maximum Gasteiger partial charge on any atom is 0.0945 e. The van der Waals surface area contributed by atoms with Crippen molar-refractivity contribution >= 4 is 0 Å². The van der Waals surface area contributed by atoms with Gasteiger partial charge in [-0.3, -0.25) is 14.8 Å². The van der Waals surface area contributed by atoms with Crippen LogP contribution < -0.4 is 0 Å². The van der Waals surface area contributed by atoms with Crippen LogP contribution in [0.2, 0.25) is 0 Å². The molecule has 3 heterocycles. The van der Waals surface area contributed by atoms with Gasteiger partial charge in [0.25, 0.3) is 0 Å². The summed E-state index contributed by atoms with van der Waals surface area (Å²) in [5.41, 5.74) is 2.63. The molecule has 0 N–H and O–H groups in total. The zero-order chi connectivity index (χ0) is 13.8. The molecule has 0 aromatic carbocycles. The molecule has 1 saturated heterocycles. The summed E-state index contributed by atoms with van der Waals surface area (Å²) < 4.78 is 2.10. The predicted octanol–water partition coefficient (Wildman–Crippen LogP) is 1.13. The molecule has 1 aliphatic heterocycles.